The van der Waals surface area contributed by atoms with E-state index in [-0.39, 0.29) is 0 Å². The van der Waals surface area contributed by atoms with Gasteiger partial charge in [-0.15, -0.1) is 0 Å². The largest absolute Gasteiger partial charge is 0.467 e. The Labute approximate surface area is 82.9 Å². The van der Waals surface area contributed by atoms with Gasteiger partial charge in [-0.25, -0.2) is 4.98 Å². The van der Waals surface area contributed by atoms with Crippen LogP contribution in [0.3, 0.4) is 0 Å². The van der Waals surface area contributed by atoms with E-state index in [4.69, 9.17) is 4.74 Å². The molecule has 0 aliphatic carbocycles. The summed E-state index contributed by atoms with van der Waals surface area (Å²) in [6.45, 7) is 2.06. The highest BCUT2D eigenvalue weighted by molar-refractivity contribution is 5.35. The molecule has 5 nitrogen and oxygen atoms in total. The smallest absolute Gasteiger partial charge is 0.318 e. The van der Waals surface area contributed by atoms with Crippen molar-refractivity contribution in [3.05, 3.63) is 12.3 Å². The molecule has 76 valence electrons. The van der Waals surface area contributed by atoms with E-state index in [0.717, 1.165) is 25.3 Å². The molecular weight excluding hydrogens is 180 g/mol. The maximum atomic E-state index is 4.94. The number of anilines is 1. The van der Waals surface area contributed by atoms with Gasteiger partial charge in [-0.2, -0.15) is 4.98 Å². The molecule has 14 heavy (non-hydrogen) atoms. The zero-order chi connectivity index (χ0) is 9.80. The molecule has 1 aromatic rings. The summed E-state index contributed by atoms with van der Waals surface area (Å²) in [4.78, 5) is 8.13. The summed E-state index contributed by atoms with van der Waals surface area (Å²) in [5, 5.41) is 6.61. The summed E-state index contributed by atoms with van der Waals surface area (Å²) in [6.07, 6.45) is 2.82. The Balaban J connectivity index is 2.00. The van der Waals surface area contributed by atoms with Crippen molar-refractivity contribution in [2.45, 2.75) is 12.5 Å². The lowest BCUT2D eigenvalue weighted by molar-refractivity contribution is 0.380. The lowest BCUT2D eigenvalue weighted by Gasteiger charge is -2.11. The van der Waals surface area contributed by atoms with Gasteiger partial charge in [0.05, 0.1) is 7.11 Å². The summed E-state index contributed by atoms with van der Waals surface area (Å²) in [5.41, 5.74) is 0. The lowest BCUT2D eigenvalue weighted by atomic mass is 10.2. The van der Waals surface area contributed by atoms with E-state index in [1.54, 1.807) is 13.3 Å². The normalized spacial score (nSPS) is 20.8. The minimum Gasteiger partial charge on any atom is -0.467 e. The van der Waals surface area contributed by atoms with Crippen LogP contribution in [0.4, 0.5) is 5.82 Å². The van der Waals surface area contributed by atoms with Crippen LogP contribution in [0.2, 0.25) is 0 Å². The quantitative estimate of drug-likeness (QED) is 0.722. The first-order valence-corrected chi connectivity index (χ1v) is 4.73. The molecular formula is C9H14N4O. The Kier molecular flexibility index (Phi) is 2.78. The first-order chi connectivity index (χ1) is 6.88. The summed E-state index contributed by atoms with van der Waals surface area (Å²) in [6, 6.07) is 2.72. The summed E-state index contributed by atoms with van der Waals surface area (Å²) in [7, 11) is 1.57. The molecule has 0 radical (unpaired) electrons. The van der Waals surface area contributed by atoms with Gasteiger partial charge in [-0.3, -0.25) is 0 Å². The summed E-state index contributed by atoms with van der Waals surface area (Å²) in [5.74, 6) is 0.825. The van der Waals surface area contributed by atoms with Crippen LogP contribution in [-0.4, -0.2) is 36.2 Å². The van der Waals surface area contributed by atoms with Crippen LogP contribution in [0.1, 0.15) is 6.42 Å². The van der Waals surface area contributed by atoms with Gasteiger partial charge in [0.2, 0.25) is 0 Å². The van der Waals surface area contributed by atoms with Gasteiger partial charge in [-0.1, -0.05) is 0 Å². The third kappa shape index (κ3) is 2.11. The van der Waals surface area contributed by atoms with Gasteiger partial charge in [0.25, 0.3) is 0 Å². The molecule has 0 saturated carbocycles. The fourth-order valence-corrected chi connectivity index (χ4v) is 1.51. The predicted molar refractivity (Wildman–Crippen MR) is 53.5 cm³/mol. The summed E-state index contributed by atoms with van der Waals surface area (Å²) >= 11 is 0. The molecule has 2 heterocycles. The molecule has 0 aromatic carbocycles. The van der Waals surface area contributed by atoms with E-state index in [1.165, 1.54) is 0 Å². The van der Waals surface area contributed by atoms with Crippen LogP contribution in [0.25, 0.3) is 0 Å². The maximum absolute atomic E-state index is 4.94. The molecule has 0 spiro atoms. The number of ether oxygens (including phenoxy) is 1. The van der Waals surface area contributed by atoms with E-state index in [9.17, 15) is 0 Å². The van der Waals surface area contributed by atoms with E-state index in [0.29, 0.717) is 12.1 Å². The van der Waals surface area contributed by atoms with Gasteiger partial charge >= 0.3 is 6.01 Å². The van der Waals surface area contributed by atoms with Gasteiger partial charge in [-0.05, 0) is 19.0 Å². The van der Waals surface area contributed by atoms with Crippen molar-refractivity contribution in [3.8, 4) is 6.01 Å². The molecule has 0 amide bonds. The second-order valence-electron chi connectivity index (χ2n) is 3.26. The standard InChI is InChI=1S/C9H14N4O/c1-14-9-11-5-3-8(13-9)12-7-2-4-10-6-7/h3,5,7,10H,2,4,6H2,1H3,(H,11,12,13). The molecule has 5 heteroatoms. The zero-order valence-corrected chi connectivity index (χ0v) is 8.16. The molecule has 1 aliphatic heterocycles. The van der Waals surface area contributed by atoms with Crippen molar-refractivity contribution < 1.29 is 4.74 Å². The Morgan fingerprint density at radius 1 is 1.64 bits per heavy atom. The van der Waals surface area contributed by atoms with Gasteiger partial charge < -0.3 is 15.4 Å². The zero-order valence-electron chi connectivity index (χ0n) is 8.16. The maximum Gasteiger partial charge on any atom is 0.318 e. The number of aromatic nitrogens is 2. The van der Waals surface area contributed by atoms with Crippen molar-refractivity contribution in [3.63, 3.8) is 0 Å². The van der Waals surface area contributed by atoms with E-state index in [2.05, 4.69) is 20.6 Å². The van der Waals surface area contributed by atoms with E-state index < -0.39 is 0 Å². The highest BCUT2D eigenvalue weighted by atomic mass is 16.5. The van der Waals surface area contributed by atoms with Crippen molar-refractivity contribution >= 4 is 5.82 Å². The summed E-state index contributed by atoms with van der Waals surface area (Å²) < 4.78 is 4.94. The average Bonchev–Trinajstić information content (AvgIpc) is 2.71. The number of nitrogens with one attached hydrogen (secondary N) is 2. The van der Waals surface area contributed by atoms with E-state index >= 15 is 0 Å². The number of hydrogen-bond acceptors (Lipinski definition) is 5. The predicted octanol–water partition coefficient (Wildman–Crippen LogP) is 0.259. The Morgan fingerprint density at radius 3 is 3.29 bits per heavy atom. The van der Waals surface area contributed by atoms with E-state index in [1.807, 2.05) is 6.07 Å². The Hall–Kier alpha value is -1.36. The minimum atomic E-state index is 0.404. The van der Waals surface area contributed by atoms with Crippen molar-refractivity contribution in [2.75, 3.05) is 25.5 Å². The highest BCUT2D eigenvalue weighted by Gasteiger charge is 2.14. The van der Waals surface area contributed by atoms with Crippen LogP contribution in [0.5, 0.6) is 6.01 Å². The molecule has 1 saturated heterocycles. The van der Waals surface area contributed by atoms with Crippen LogP contribution in [-0.2, 0) is 0 Å². The molecule has 1 atom stereocenters. The average molecular weight is 194 g/mol. The SMILES string of the molecule is COc1nccc(NC2CCNC2)n1. The van der Waals surface area contributed by atoms with Crippen LogP contribution in [0, 0.1) is 0 Å². The number of rotatable bonds is 3. The third-order valence-electron chi connectivity index (χ3n) is 2.23. The van der Waals surface area contributed by atoms with Crippen molar-refractivity contribution in [1.29, 1.82) is 0 Å². The van der Waals surface area contributed by atoms with Crippen molar-refractivity contribution in [2.24, 2.45) is 0 Å². The Morgan fingerprint density at radius 2 is 2.57 bits per heavy atom. The molecule has 1 aliphatic rings. The second-order valence-corrected chi connectivity index (χ2v) is 3.26. The molecule has 2 rings (SSSR count). The first-order valence-electron chi connectivity index (χ1n) is 4.73. The van der Waals surface area contributed by atoms with Crippen molar-refractivity contribution in [1.82, 2.24) is 15.3 Å². The number of nitrogens with zero attached hydrogens (tertiary/aromatic N) is 2. The second kappa shape index (κ2) is 4.23. The first kappa shape index (κ1) is 9.21. The molecule has 1 unspecified atom stereocenters. The topological polar surface area (TPSA) is 59.1 Å². The molecule has 2 N–H and O–H groups in total. The minimum absolute atomic E-state index is 0.404. The third-order valence-corrected chi connectivity index (χ3v) is 2.23. The molecule has 1 fully saturated rings. The fraction of sp³-hybridized carbons (Fsp3) is 0.556. The van der Waals surface area contributed by atoms with Crippen LogP contribution in [0.15, 0.2) is 12.3 Å². The number of hydrogen-bond donors (Lipinski definition) is 2. The Bertz CT molecular complexity index is 299. The highest BCUT2D eigenvalue weighted by Crippen LogP contribution is 2.10. The van der Waals surface area contributed by atoms with Gasteiger partial charge in [0.15, 0.2) is 0 Å². The monoisotopic (exact) mass is 194 g/mol. The fourth-order valence-electron chi connectivity index (χ4n) is 1.51. The van der Waals surface area contributed by atoms with Crippen LogP contribution >= 0.6 is 0 Å². The van der Waals surface area contributed by atoms with Crippen LogP contribution < -0.4 is 15.4 Å². The molecule has 0 bridgehead atoms. The van der Waals surface area contributed by atoms with Gasteiger partial charge in [0, 0.05) is 18.8 Å². The van der Waals surface area contributed by atoms with Gasteiger partial charge in [0.1, 0.15) is 5.82 Å². The number of methoxy groups -OCH3 is 1. The lowest BCUT2D eigenvalue weighted by Crippen LogP contribution is -2.22. The molecule has 1 aromatic heterocycles.